The molecule has 1 saturated heterocycles. The monoisotopic (exact) mass is 760 g/mol. The fourth-order valence-electron chi connectivity index (χ4n) is 5.75. The smallest absolute Gasteiger partial charge is 0.338 e. The van der Waals surface area contributed by atoms with Gasteiger partial charge in [0.2, 0.25) is 17.5 Å². The molecule has 0 aliphatic carbocycles. The van der Waals surface area contributed by atoms with E-state index in [2.05, 4.69) is 0 Å². The fourth-order valence-corrected chi connectivity index (χ4v) is 5.75. The molecule has 5 aromatic rings. The van der Waals surface area contributed by atoms with E-state index in [0.717, 1.165) is 24.3 Å². The van der Waals surface area contributed by atoms with Crippen molar-refractivity contribution in [2.75, 3.05) is 19.8 Å². The number of fused-ring (bicyclic) bond motifs is 1. The summed E-state index contributed by atoms with van der Waals surface area (Å²) in [4.78, 5) is 40.4. The number of esters is 2. The molecular formula is C39H36O16. The molecule has 16 nitrogen and oxygen atoms in total. The molecule has 6 rings (SSSR count). The Hall–Kier alpha value is -6.49. The summed E-state index contributed by atoms with van der Waals surface area (Å²) >= 11 is 0. The van der Waals surface area contributed by atoms with Gasteiger partial charge in [-0.25, -0.2) is 9.59 Å². The molecule has 1 aliphatic heterocycles. The molecule has 5 atom stereocenters. The zero-order valence-corrected chi connectivity index (χ0v) is 29.3. The molecule has 1 aliphatic rings. The van der Waals surface area contributed by atoms with Crippen LogP contribution >= 0.6 is 0 Å². The zero-order valence-electron chi connectivity index (χ0n) is 29.3. The van der Waals surface area contributed by atoms with Crippen molar-refractivity contribution in [2.24, 2.45) is 0 Å². The average Bonchev–Trinajstić information content (AvgIpc) is 3.16. The highest BCUT2D eigenvalue weighted by Gasteiger charge is 2.49. The van der Waals surface area contributed by atoms with E-state index in [1.54, 1.807) is 26.0 Å². The van der Waals surface area contributed by atoms with E-state index in [1.165, 1.54) is 42.5 Å². The number of phenols is 4. The molecule has 6 N–H and O–H groups in total. The maximum absolute atomic E-state index is 14.1. The first-order valence-corrected chi connectivity index (χ1v) is 17.0. The maximum Gasteiger partial charge on any atom is 0.338 e. The summed E-state index contributed by atoms with van der Waals surface area (Å²) < 4.78 is 39.7. The summed E-state index contributed by atoms with van der Waals surface area (Å²) in [6, 6.07) is 17.1. The number of phenolic OH excluding ortho intramolecular Hbond substituents is 4. The van der Waals surface area contributed by atoms with Crippen molar-refractivity contribution in [1.29, 1.82) is 0 Å². The van der Waals surface area contributed by atoms with Gasteiger partial charge in [-0.05, 0) is 80.6 Å². The molecule has 2 heterocycles. The van der Waals surface area contributed by atoms with Crippen molar-refractivity contribution in [3.63, 3.8) is 0 Å². The number of hydrogen-bond donors (Lipinski definition) is 6. The Morgan fingerprint density at radius 3 is 1.95 bits per heavy atom. The SMILES string of the molecule is CCOc1ccc(C(=O)OC[C@H]2O[C@@H](Oc3c(-c4ccc(O)c(O)c4)oc4cc(O)cc(O)c4c3=O)[C@H](OC(=O)c3ccc(OCC)cc3)[C@@H](O)[C@H]2O)cc1. The van der Waals surface area contributed by atoms with E-state index in [9.17, 15) is 45.0 Å². The molecule has 0 unspecified atom stereocenters. The summed E-state index contributed by atoms with van der Waals surface area (Å²) in [7, 11) is 0. The Bertz CT molecular complexity index is 2230. The van der Waals surface area contributed by atoms with Gasteiger partial charge in [0.15, 0.2) is 23.4 Å². The Morgan fingerprint density at radius 1 is 0.727 bits per heavy atom. The van der Waals surface area contributed by atoms with Crippen molar-refractivity contribution >= 4 is 22.9 Å². The van der Waals surface area contributed by atoms with Crippen molar-refractivity contribution in [2.45, 2.75) is 44.6 Å². The van der Waals surface area contributed by atoms with Gasteiger partial charge in [-0.15, -0.1) is 0 Å². The Kier molecular flexibility index (Phi) is 11.3. The molecule has 16 heteroatoms. The van der Waals surface area contributed by atoms with Crippen molar-refractivity contribution in [1.82, 2.24) is 0 Å². The van der Waals surface area contributed by atoms with Crippen molar-refractivity contribution < 1.29 is 73.1 Å². The second-order valence-corrected chi connectivity index (χ2v) is 12.2. The van der Waals surface area contributed by atoms with Crippen LogP contribution in [0, 0.1) is 0 Å². The van der Waals surface area contributed by atoms with Gasteiger partial charge < -0.3 is 63.5 Å². The summed E-state index contributed by atoms with van der Waals surface area (Å²) in [6.45, 7) is 3.71. The lowest BCUT2D eigenvalue weighted by Gasteiger charge is -2.41. The predicted octanol–water partition coefficient (Wildman–Crippen LogP) is 3.99. The normalized spacial score (nSPS) is 19.4. The third-order valence-electron chi connectivity index (χ3n) is 8.46. The highest BCUT2D eigenvalue weighted by atomic mass is 16.7. The molecular weight excluding hydrogens is 724 g/mol. The molecule has 0 saturated carbocycles. The quantitative estimate of drug-likeness (QED) is 0.0778. The lowest BCUT2D eigenvalue weighted by Crippen LogP contribution is -2.61. The molecule has 0 bridgehead atoms. The van der Waals surface area contributed by atoms with E-state index >= 15 is 0 Å². The Labute approximate surface area is 311 Å². The topological polar surface area (TPSA) is 241 Å². The van der Waals surface area contributed by atoms with Gasteiger partial charge in [0.25, 0.3) is 0 Å². The number of rotatable bonds is 12. The van der Waals surface area contributed by atoms with Crippen LogP contribution in [0.2, 0.25) is 0 Å². The van der Waals surface area contributed by atoms with Gasteiger partial charge in [-0.3, -0.25) is 4.79 Å². The number of aliphatic hydroxyl groups is 2. The lowest BCUT2D eigenvalue weighted by atomic mass is 9.98. The van der Waals surface area contributed by atoms with Crippen LogP contribution in [-0.2, 0) is 14.2 Å². The molecule has 1 aromatic heterocycles. The van der Waals surface area contributed by atoms with Crippen molar-refractivity contribution in [3.05, 3.63) is 100 Å². The van der Waals surface area contributed by atoms with E-state index < -0.39 is 94.6 Å². The summed E-state index contributed by atoms with van der Waals surface area (Å²) in [5.74, 6) is -4.26. The second kappa shape index (κ2) is 16.3. The first kappa shape index (κ1) is 38.2. The number of carbonyl (C=O) groups excluding carboxylic acids is 2. The van der Waals surface area contributed by atoms with Gasteiger partial charge in [-0.1, -0.05) is 0 Å². The zero-order chi connectivity index (χ0) is 39.4. The van der Waals surface area contributed by atoms with E-state index in [4.69, 9.17) is 32.8 Å². The number of aliphatic hydroxyl groups excluding tert-OH is 2. The van der Waals surface area contributed by atoms with Crippen LogP contribution in [0.3, 0.4) is 0 Å². The van der Waals surface area contributed by atoms with Gasteiger partial charge in [-0.2, -0.15) is 0 Å². The van der Waals surface area contributed by atoms with Crippen LogP contribution in [-0.4, -0.2) is 93.1 Å². The summed E-state index contributed by atoms with van der Waals surface area (Å²) in [5.41, 5.74) is -1.26. The Morgan fingerprint density at radius 2 is 1.35 bits per heavy atom. The van der Waals surface area contributed by atoms with Crippen molar-refractivity contribution in [3.8, 4) is 51.6 Å². The minimum Gasteiger partial charge on any atom is -0.508 e. The van der Waals surface area contributed by atoms with Crippen LogP contribution in [0.25, 0.3) is 22.3 Å². The molecule has 4 aromatic carbocycles. The number of carbonyl (C=O) groups is 2. The number of ether oxygens (including phenoxy) is 6. The summed E-state index contributed by atoms with van der Waals surface area (Å²) in [5, 5.41) is 63.1. The number of hydrogen-bond acceptors (Lipinski definition) is 16. The van der Waals surface area contributed by atoms with Crippen LogP contribution in [0.5, 0.6) is 40.2 Å². The van der Waals surface area contributed by atoms with Gasteiger partial charge in [0.05, 0.1) is 24.3 Å². The second-order valence-electron chi connectivity index (χ2n) is 12.2. The molecule has 288 valence electrons. The van der Waals surface area contributed by atoms with E-state index in [0.29, 0.717) is 24.7 Å². The molecule has 55 heavy (non-hydrogen) atoms. The van der Waals surface area contributed by atoms with Gasteiger partial charge in [0.1, 0.15) is 58.9 Å². The van der Waals surface area contributed by atoms with Gasteiger partial charge in [0, 0.05) is 17.7 Å². The number of aromatic hydroxyl groups is 4. The predicted molar refractivity (Wildman–Crippen MR) is 191 cm³/mol. The largest absolute Gasteiger partial charge is 0.508 e. The third-order valence-corrected chi connectivity index (χ3v) is 8.46. The molecule has 0 amide bonds. The maximum atomic E-state index is 14.1. The minimum atomic E-state index is -1.97. The van der Waals surface area contributed by atoms with Crippen LogP contribution in [0.1, 0.15) is 34.6 Å². The van der Waals surface area contributed by atoms with E-state index in [1.807, 2.05) is 0 Å². The standard InChI is InChI=1S/C39H36O16/c1-3-49-23-10-5-19(6-11-23)37(47)51-18-29-31(44)33(46)36(54-38(48)20-7-12-24(13-8-20)50-4-2)39(53-29)55-35-32(45)30-27(43)16-22(40)17-28(30)52-34(35)21-9-14-25(41)26(42)15-21/h5-17,29,31,33,36,39-44,46H,3-4,18H2,1-2H3/t29-,31+,33+,36-,39+/m1/s1. The number of benzene rings is 4. The fraction of sp³-hybridized carbons (Fsp3) is 0.256. The van der Waals surface area contributed by atoms with Crippen LogP contribution in [0.15, 0.2) is 88.1 Å². The van der Waals surface area contributed by atoms with Crippen LogP contribution in [0.4, 0.5) is 0 Å². The summed E-state index contributed by atoms with van der Waals surface area (Å²) in [6.07, 6.45) is -9.16. The Balaban J connectivity index is 1.37. The minimum absolute atomic E-state index is 0.00510. The van der Waals surface area contributed by atoms with Gasteiger partial charge >= 0.3 is 11.9 Å². The highest BCUT2D eigenvalue weighted by molar-refractivity contribution is 5.90. The average molecular weight is 761 g/mol. The highest BCUT2D eigenvalue weighted by Crippen LogP contribution is 2.40. The first-order chi connectivity index (χ1) is 26.4. The van der Waals surface area contributed by atoms with Crippen LogP contribution < -0.4 is 19.6 Å². The third kappa shape index (κ3) is 8.21. The molecule has 0 spiro atoms. The molecule has 0 radical (unpaired) electrons. The molecule has 1 fully saturated rings. The van der Waals surface area contributed by atoms with E-state index in [-0.39, 0.29) is 22.3 Å². The first-order valence-electron chi connectivity index (χ1n) is 17.0. The lowest BCUT2D eigenvalue weighted by molar-refractivity contribution is -0.276.